The minimum absolute atomic E-state index is 0.0758. The number of rotatable bonds is 2. The van der Waals surface area contributed by atoms with Crippen LogP contribution in [-0.4, -0.2) is 28.6 Å². The van der Waals surface area contributed by atoms with Gasteiger partial charge in [0.2, 0.25) is 5.91 Å². The first-order chi connectivity index (χ1) is 8.08. The molecule has 0 saturated carbocycles. The van der Waals surface area contributed by atoms with Crippen molar-refractivity contribution >= 4 is 17.6 Å². The van der Waals surface area contributed by atoms with Crippen LogP contribution in [0.2, 0.25) is 0 Å². The Kier molecular flexibility index (Phi) is 2.99. The van der Waals surface area contributed by atoms with Gasteiger partial charge in [-0.25, -0.2) is 0 Å². The van der Waals surface area contributed by atoms with E-state index in [2.05, 4.69) is 0 Å². The summed E-state index contributed by atoms with van der Waals surface area (Å²) >= 11 is 0. The monoisotopic (exact) mass is 235 g/mol. The molecule has 2 N–H and O–H groups in total. The number of carboxylic acid groups (broad SMARTS) is 1. The molecule has 0 spiro atoms. The second-order valence-electron chi connectivity index (χ2n) is 4.09. The second-order valence-corrected chi connectivity index (χ2v) is 4.09. The van der Waals surface area contributed by atoms with Crippen LogP contribution in [0.4, 0.5) is 5.69 Å². The summed E-state index contributed by atoms with van der Waals surface area (Å²) in [7, 11) is 0. The molecule has 0 aliphatic carbocycles. The molecule has 5 nitrogen and oxygen atoms in total. The third-order valence-corrected chi connectivity index (χ3v) is 2.92. The first-order valence-corrected chi connectivity index (χ1v) is 5.40. The molecule has 1 aliphatic rings. The lowest BCUT2D eigenvalue weighted by Gasteiger charge is -2.30. The van der Waals surface area contributed by atoms with Crippen LogP contribution in [0.3, 0.4) is 0 Å². The standard InChI is InChI=1S/C12H13NO4/c14-10-4-2-9(3-5-10)13-7-8(12(16)17)1-6-11(13)15/h2-5,8,14H,1,6-7H2,(H,16,17). The molecule has 1 atom stereocenters. The molecule has 1 amide bonds. The highest BCUT2D eigenvalue weighted by Crippen LogP contribution is 2.25. The van der Waals surface area contributed by atoms with E-state index in [0.29, 0.717) is 12.1 Å². The number of phenols is 1. The summed E-state index contributed by atoms with van der Waals surface area (Å²) < 4.78 is 0. The summed E-state index contributed by atoms with van der Waals surface area (Å²) in [5, 5.41) is 18.1. The Labute approximate surface area is 98.3 Å². The zero-order chi connectivity index (χ0) is 12.4. The van der Waals surface area contributed by atoms with Crippen LogP contribution < -0.4 is 4.90 Å². The predicted molar refractivity (Wildman–Crippen MR) is 60.8 cm³/mol. The van der Waals surface area contributed by atoms with Gasteiger partial charge in [-0.3, -0.25) is 9.59 Å². The van der Waals surface area contributed by atoms with Crippen molar-refractivity contribution in [2.45, 2.75) is 12.8 Å². The van der Waals surface area contributed by atoms with Gasteiger partial charge in [0, 0.05) is 18.7 Å². The number of phenolic OH excluding ortho intramolecular Hbond substituents is 1. The molecule has 5 heteroatoms. The summed E-state index contributed by atoms with van der Waals surface area (Å²) in [6.07, 6.45) is 0.639. The predicted octanol–water partition coefficient (Wildman–Crippen LogP) is 1.22. The van der Waals surface area contributed by atoms with Gasteiger partial charge in [0.25, 0.3) is 0 Å². The first kappa shape index (κ1) is 11.4. The number of aromatic hydroxyl groups is 1. The van der Waals surface area contributed by atoms with E-state index >= 15 is 0 Å². The molecule has 17 heavy (non-hydrogen) atoms. The fourth-order valence-corrected chi connectivity index (χ4v) is 1.93. The summed E-state index contributed by atoms with van der Waals surface area (Å²) in [6, 6.07) is 6.18. The molecule has 1 aromatic carbocycles. The third kappa shape index (κ3) is 2.38. The maximum atomic E-state index is 11.7. The van der Waals surface area contributed by atoms with Gasteiger partial charge in [-0.15, -0.1) is 0 Å². The molecule has 0 bridgehead atoms. The fraction of sp³-hybridized carbons (Fsp3) is 0.333. The van der Waals surface area contributed by atoms with E-state index in [0.717, 1.165) is 0 Å². The highest BCUT2D eigenvalue weighted by molar-refractivity contribution is 5.95. The number of nitrogens with zero attached hydrogens (tertiary/aromatic N) is 1. The largest absolute Gasteiger partial charge is 0.508 e. The van der Waals surface area contributed by atoms with E-state index in [1.807, 2.05) is 0 Å². The van der Waals surface area contributed by atoms with E-state index in [1.165, 1.54) is 17.0 Å². The average Bonchev–Trinajstić information content (AvgIpc) is 2.31. The Balaban J connectivity index is 2.20. The molecule has 1 fully saturated rings. The maximum absolute atomic E-state index is 11.7. The van der Waals surface area contributed by atoms with Crippen molar-refractivity contribution in [3.63, 3.8) is 0 Å². The molecule has 1 aliphatic heterocycles. The van der Waals surface area contributed by atoms with Gasteiger partial charge in [0.05, 0.1) is 5.92 Å². The zero-order valence-electron chi connectivity index (χ0n) is 9.17. The Morgan fingerprint density at radius 3 is 2.53 bits per heavy atom. The summed E-state index contributed by atoms with van der Waals surface area (Å²) in [5.74, 6) is -1.34. The maximum Gasteiger partial charge on any atom is 0.308 e. The SMILES string of the molecule is O=C(O)C1CCC(=O)N(c2ccc(O)cc2)C1. The average molecular weight is 235 g/mol. The zero-order valence-corrected chi connectivity index (χ0v) is 9.17. The van der Waals surface area contributed by atoms with Crippen LogP contribution in [0, 0.1) is 5.92 Å². The molecule has 2 rings (SSSR count). The van der Waals surface area contributed by atoms with Gasteiger partial charge in [0.15, 0.2) is 0 Å². The number of carbonyl (C=O) groups is 2. The lowest BCUT2D eigenvalue weighted by Crippen LogP contribution is -2.42. The van der Waals surface area contributed by atoms with Gasteiger partial charge in [-0.2, -0.15) is 0 Å². The molecule has 0 aromatic heterocycles. The summed E-state index contributed by atoms with van der Waals surface area (Å²) in [6.45, 7) is 0.193. The van der Waals surface area contributed by atoms with Crippen LogP contribution in [-0.2, 0) is 9.59 Å². The van der Waals surface area contributed by atoms with Crippen LogP contribution in [0.25, 0.3) is 0 Å². The molecule has 1 saturated heterocycles. The number of amides is 1. The number of hydrogen-bond acceptors (Lipinski definition) is 3. The van der Waals surface area contributed by atoms with Gasteiger partial charge in [-0.1, -0.05) is 0 Å². The van der Waals surface area contributed by atoms with Crippen molar-refractivity contribution in [3.05, 3.63) is 24.3 Å². The Morgan fingerprint density at radius 1 is 1.29 bits per heavy atom. The van der Waals surface area contributed by atoms with Crippen molar-refractivity contribution in [2.24, 2.45) is 5.92 Å². The smallest absolute Gasteiger partial charge is 0.308 e. The lowest BCUT2D eigenvalue weighted by atomic mass is 9.97. The molecule has 90 valence electrons. The first-order valence-electron chi connectivity index (χ1n) is 5.40. The third-order valence-electron chi connectivity index (χ3n) is 2.92. The molecule has 1 aromatic rings. The summed E-state index contributed by atoms with van der Waals surface area (Å²) in [4.78, 5) is 24.1. The number of carbonyl (C=O) groups excluding carboxylic acids is 1. The Morgan fingerprint density at radius 2 is 1.94 bits per heavy atom. The highest BCUT2D eigenvalue weighted by Gasteiger charge is 2.30. The van der Waals surface area contributed by atoms with Crippen molar-refractivity contribution in [1.82, 2.24) is 0 Å². The molecule has 1 heterocycles. The minimum atomic E-state index is -0.874. The quantitative estimate of drug-likeness (QED) is 0.807. The number of aliphatic carboxylic acids is 1. The van der Waals surface area contributed by atoms with Crippen molar-refractivity contribution < 1.29 is 19.8 Å². The van der Waals surface area contributed by atoms with Crippen LogP contribution in [0.15, 0.2) is 24.3 Å². The van der Waals surface area contributed by atoms with E-state index in [-0.39, 0.29) is 24.6 Å². The van der Waals surface area contributed by atoms with E-state index in [4.69, 9.17) is 10.2 Å². The van der Waals surface area contributed by atoms with E-state index in [9.17, 15) is 9.59 Å². The van der Waals surface area contributed by atoms with Gasteiger partial charge < -0.3 is 15.1 Å². The van der Waals surface area contributed by atoms with Crippen LogP contribution in [0.5, 0.6) is 5.75 Å². The van der Waals surface area contributed by atoms with E-state index in [1.54, 1.807) is 12.1 Å². The molecule has 0 radical (unpaired) electrons. The normalized spacial score (nSPS) is 20.4. The molecule has 1 unspecified atom stereocenters. The van der Waals surface area contributed by atoms with Crippen molar-refractivity contribution in [1.29, 1.82) is 0 Å². The summed E-state index contributed by atoms with van der Waals surface area (Å²) in [5.41, 5.74) is 0.624. The molecular weight excluding hydrogens is 222 g/mol. The van der Waals surface area contributed by atoms with Gasteiger partial charge in [-0.05, 0) is 30.7 Å². The lowest BCUT2D eigenvalue weighted by molar-refractivity contribution is -0.142. The van der Waals surface area contributed by atoms with Crippen LogP contribution >= 0.6 is 0 Å². The number of piperidine rings is 1. The van der Waals surface area contributed by atoms with Crippen LogP contribution in [0.1, 0.15) is 12.8 Å². The van der Waals surface area contributed by atoms with Gasteiger partial charge in [0.1, 0.15) is 5.75 Å². The second kappa shape index (κ2) is 4.45. The number of carboxylic acids is 1. The minimum Gasteiger partial charge on any atom is -0.508 e. The molecular formula is C12H13NO4. The Hall–Kier alpha value is -2.04. The fourth-order valence-electron chi connectivity index (χ4n) is 1.93. The number of benzene rings is 1. The topological polar surface area (TPSA) is 77.8 Å². The van der Waals surface area contributed by atoms with Gasteiger partial charge >= 0.3 is 5.97 Å². The Bertz CT molecular complexity index is 440. The van der Waals surface area contributed by atoms with Crippen molar-refractivity contribution in [3.8, 4) is 5.75 Å². The highest BCUT2D eigenvalue weighted by atomic mass is 16.4. The number of hydrogen-bond donors (Lipinski definition) is 2. The van der Waals surface area contributed by atoms with Crippen molar-refractivity contribution in [2.75, 3.05) is 11.4 Å². The van der Waals surface area contributed by atoms with E-state index < -0.39 is 11.9 Å². The number of anilines is 1.